The van der Waals surface area contributed by atoms with Gasteiger partial charge in [-0.3, -0.25) is 0 Å². The molecule has 0 fully saturated rings. The minimum absolute atomic E-state index is 0.682. The number of benzene rings is 7. The summed E-state index contributed by atoms with van der Waals surface area (Å²) in [5, 5.41) is 32.7. The van der Waals surface area contributed by atoms with E-state index in [1.807, 2.05) is 24.3 Å². The fourth-order valence-electron chi connectivity index (χ4n) is 5.40. The SMILES string of the molecule is N#Cc1ccc2c(ccc3c4cc5ccc6c7ccc(C#N)cc7ccc6c5cc4ccc23)c1. The molecule has 0 aliphatic carbocycles. The molecule has 0 aliphatic heterocycles. The van der Waals surface area contributed by atoms with Gasteiger partial charge in [0.25, 0.3) is 0 Å². The second kappa shape index (κ2) is 6.79. The van der Waals surface area contributed by atoms with Crippen molar-refractivity contribution in [2.24, 2.45) is 0 Å². The van der Waals surface area contributed by atoms with Crippen molar-refractivity contribution in [2.45, 2.75) is 0 Å². The smallest absolute Gasteiger partial charge is 0.0991 e. The van der Waals surface area contributed by atoms with Gasteiger partial charge in [0.1, 0.15) is 0 Å². The van der Waals surface area contributed by atoms with Crippen LogP contribution in [0, 0.1) is 22.7 Å². The average Bonchev–Trinajstić information content (AvgIpc) is 2.90. The van der Waals surface area contributed by atoms with Gasteiger partial charge in [-0.1, -0.05) is 60.7 Å². The molecular weight excluding hydrogens is 412 g/mol. The minimum Gasteiger partial charge on any atom is -0.192 e. The van der Waals surface area contributed by atoms with Crippen LogP contribution in [0.3, 0.4) is 0 Å². The summed E-state index contributed by atoms with van der Waals surface area (Å²) < 4.78 is 0. The van der Waals surface area contributed by atoms with Crippen LogP contribution in [0.1, 0.15) is 11.1 Å². The molecule has 0 radical (unpaired) electrons. The summed E-state index contributed by atoms with van der Waals surface area (Å²) in [5.41, 5.74) is 1.36. The van der Waals surface area contributed by atoms with Crippen molar-refractivity contribution in [3.63, 3.8) is 0 Å². The van der Waals surface area contributed by atoms with Gasteiger partial charge in [-0.05, 0) is 101 Å². The molecule has 7 aromatic rings. The zero-order valence-corrected chi connectivity index (χ0v) is 18.1. The summed E-state index contributed by atoms with van der Waals surface area (Å²) >= 11 is 0. The molecule has 7 rings (SSSR count). The predicted molar refractivity (Wildman–Crippen MR) is 141 cm³/mol. The molecule has 0 aliphatic rings. The Morgan fingerprint density at radius 2 is 0.647 bits per heavy atom. The number of fused-ring (bicyclic) bond motifs is 10. The van der Waals surface area contributed by atoms with E-state index in [-0.39, 0.29) is 0 Å². The van der Waals surface area contributed by atoms with Crippen LogP contribution in [0.2, 0.25) is 0 Å². The molecule has 0 heterocycles. The minimum atomic E-state index is 0.682. The van der Waals surface area contributed by atoms with Gasteiger partial charge in [0.2, 0.25) is 0 Å². The van der Waals surface area contributed by atoms with Gasteiger partial charge in [0, 0.05) is 0 Å². The third-order valence-electron chi connectivity index (χ3n) is 7.04. The van der Waals surface area contributed by atoms with E-state index in [4.69, 9.17) is 0 Å². The zero-order chi connectivity index (χ0) is 22.8. The molecule has 154 valence electrons. The topological polar surface area (TPSA) is 47.6 Å². The van der Waals surface area contributed by atoms with Gasteiger partial charge < -0.3 is 0 Å². The first-order valence-electron chi connectivity index (χ1n) is 11.2. The van der Waals surface area contributed by atoms with Crippen LogP contribution in [0.5, 0.6) is 0 Å². The number of nitrogens with zero attached hydrogens (tertiary/aromatic N) is 2. The fourth-order valence-corrected chi connectivity index (χ4v) is 5.40. The van der Waals surface area contributed by atoms with Crippen LogP contribution in [0.15, 0.2) is 97.1 Å². The van der Waals surface area contributed by atoms with Gasteiger partial charge in [-0.25, -0.2) is 0 Å². The Bertz CT molecular complexity index is 1930. The second-order valence-corrected chi connectivity index (χ2v) is 8.84. The second-order valence-electron chi connectivity index (χ2n) is 8.84. The fraction of sp³-hybridized carbons (Fsp3) is 0. The molecule has 0 aromatic heterocycles. The molecule has 0 saturated carbocycles. The Morgan fingerprint density at radius 1 is 0.324 bits per heavy atom. The number of rotatable bonds is 0. The quantitative estimate of drug-likeness (QED) is 0.180. The van der Waals surface area contributed by atoms with Crippen molar-refractivity contribution >= 4 is 64.6 Å². The lowest BCUT2D eigenvalue weighted by atomic mass is 9.92. The van der Waals surface area contributed by atoms with Crippen LogP contribution in [-0.2, 0) is 0 Å². The maximum Gasteiger partial charge on any atom is 0.0991 e. The highest BCUT2D eigenvalue weighted by molar-refractivity contribution is 6.23. The molecule has 2 nitrogen and oxygen atoms in total. The van der Waals surface area contributed by atoms with E-state index in [0.717, 1.165) is 10.8 Å². The summed E-state index contributed by atoms with van der Waals surface area (Å²) in [6, 6.07) is 38.2. The number of hydrogen-bond acceptors (Lipinski definition) is 2. The largest absolute Gasteiger partial charge is 0.192 e. The molecule has 0 unspecified atom stereocenters. The molecule has 7 aromatic carbocycles. The Balaban J connectivity index is 1.54. The van der Waals surface area contributed by atoms with E-state index in [1.165, 1.54) is 53.9 Å². The van der Waals surface area contributed by atoms with Crippen molar-refractivity contribution < 1.29 is 0 Å². The molecular formula is C32H16N2. The zero-order valence-electron chi connectivity index (χ0n) is 18.1. The van der Waals surface area contributed by atoms with E-state index >= 15 is 0 Å². The Hall–Kier alpha value is -4.92. The average molecular weight is 428 g/mol. The lowest BCUT2D eigenvalue weighted by Crippen LogP contribution is -1.85. The summed E-state index contributed by atoms with van der Waals surface area (Å²) in [6.07, 6.45) is 0. The third kappa shape index (κ3) is 2.54. The van der Waals surface area contributed by atoms with Crippen molar-refractivity contribution in [1.82, 2.24) is 0 Å². The van der Waals surface area contributed by atoms with Crippen molar-refractivity contribution in [3.8, 4) is 12.1 Å². The van der Waals surface area contributed by atoms with Crippen LogP contribution in [0.25, 0.3) is 64.6 Å². The molecule has 0 saturated heterocycles. The Morgan fingerprint density at radius 3 is 1.03 bits per heavy atom. The predicted octanol–water partition coefficient (Wildman–Crippen LogP) is 8.35. The monoisotopic (exact) mass is 428 g/mol. The first-order valence-corrected chi connectivity index (χ1v) is 11.2. The summed E-state index contributed by atoms with van der Waals surface area (Å²) in [7, 11) is 0. The van der Waals surface area contributed by atoms with E-state index in [9.17, 15) is 10.5 Å². The van der Waals surface area contributed by atoms with Gasteiger partial charge in [0.15, 0.2) is 0 Å². The molecule has 0 bridgehead atoms. The van der Waals surface area contributed by atoms with Gasteiger partial charge >= 0.3 is 0 Å². The summed E-state index contributed by atoms with van der Waals surface area (Å²) in [5.74, 6) is 0. The maximum absolute atomic E-state index is 9.25. The maximum atomic E-state index is 9.25. The first-order chi connectivity index (χ1) is 16.7. The molecule has 0 atom stereocenters. The van der Waals surface area contributed by atoms with Crippen molar-refractivity contribution in [2.75, 3.05) is 0 Å². The van der Waals surface area contributed by atoms with Crippen LogP contribution >= 0.6 is 0 Å². The number of nitriles is 2. The highest BCUT2D eigenvalue weighted by atomic mass is 14.2. The summed E-state index contributed by atoms with van der Waals surface area (Å²) in [4.78, 5) is 0. The van der Waals surface area contributed by atoms with Crippen molar-refractivity contribution in [1.29, 1.82) is 10.5 Å². The lowest BCUT2D eigenvalue weighted by molar-refractivity contribution is 1.50. The third-order valence-corrected chi connectivity index (χ3v) is 7.04. The lowest BCUT2D eigenvalue weighted by Gasteiger charge is -2.12. The van der Waals surface area contributed by atoms with Crippen LogP contribution in [-0.4, -0.2) is 0 Å². The van der Waals surface area contributed by atoms with E-state index < -0.39 is 0 Å². The summed E-state index contributed by atoms with van der Waals surface area (Å²) in [6.45, 7) is 0. The molecule has 0 amide bonds. The van der Waals surface area contributed by atoms with E-state index in [1.54, 1.807) is 0 Å². The molecule has 2 heteroatoms. The highest BCUT2D eigenvalue weighted by Gasteiger charge is 2.10. The molecule has 0 N–H and O–H groups in total. The van der Waals surface area contributed by atoms with E-state index in [0.29, 0.717) is 11.1 Å². The van der Waals surface area contributed by atoms with Gasteiger partial charge in [-0.15, -0.1) is 0 Å². The normalized spacial score (nSPS) is 11.5. The van der Waals surface area contributed by atoms with Gasteiger partial charge in [-0.2, -0.15) is 10.5 Å². The highest BCUT2D eigenvalue weighted by Crippen LogP contribution is 2.37. The van der Waals surface area contributed by atoms with Crippen molar-refractivity contribution in [3.05, 3.63) is 108 Å². The first kappa shape index (κ1) is 18.6. The van der Waals surface area contributed by atoms with Crippen LogP contribution in [0.4, 0.5) is 0 Å². The standard InChI is InChI=1S/C32H16N2/c33-17-19-1-7-25-21(13-19)3-11-29-27(25)9-5-23-16-32-24(15-31(23)29)6-10-28-26-8-2-20(18-34)14-22(26)4-12-30(28)32/h1-16H. The Kier molecular flexibility index (Phi) is 3.72. The molecule has 34 heavy (non-hydrogen) atoms. The Labute approximate surface area is 195 Å². The number of hydrogen-bond donors (Lipinski definition) is 0. The molecule has 0 spiro atoms. The van der Waals surface area contributed by atoms with Crippen LogP contribution < -0.4 is 0 Å². The van der Waals surface area contributed by atoms with Gasteiger partial charge in [0.05, 0.1) is 23.3 Å². The van der Waals surface area contributed by atoms with E-state index in [2.05, 4.69) is 84.9 Å².